The van der Waals surface area contributed by atoms with Crippen molar-refractivity contribution in [3.63, 3.8) is 0 Å². The van der Waals surface area contributed by atoms with E-state index in [0.29, 0.717) is 11.4 Å². The van der Waals surface area contributed by atoms with Crippen LogP contribution in [0.15, 0.2) is 29.2 Å². The largest absolute Gasteiger partial charge is 0.444 e. The molecule has 0 radical (unpaired) electrons. The molecule has 2 unspecified atom stereocenters. The molecule has 1 saturated heterocycles. The average Bonchev–Trinajstić information content (AvgIpc) is 2.85. The highest BCUT2D eigenvalue weighted by Crippen LogP contribution is 2.35. The summed E-state index contributed by atoms with van der Waals surface area (Å²) < 4.78 is 26.3. The van der Waals surface area contributed by atoms with Crippen molar-refractivity contribution in [2.75, 3.05) is 6.54 Å². The minimum Gasteiger partial charge on any atom is -0.444 e. The Morgan fingerprint density at radius 3 is 2.67 bits per heavy atom. The van der Waals surface area contributed by atoms with Crippen LogP contribution in [-0.4, -0.2) is 31.9 Å². The van der Waals surface area contributed by atoms with Gasteiger partial charge < -0.3 is 14.2 Å². The fourth-order valence-corrected chi connectivity index (χ4v) is 3.14. The highest BCUT2D eigenvalue weighted by atomic mass is 32.2. The minimum atomic E-state index is -2.06. The normalized spacial score (nSPS) is 20.4. The van der Waals surface area contributed by atoms with E-state index < -0.39 is 16.7 Å². The Morgan fingerprint density at radius 2 is 2.05 bits per heavy atom. The van der Waals surface area contributed by atoms with Crippen molar-refractivity contribution < 1.29 is 18.3 Å². The summed E-state index contributed by atoms with van der Waals surface area (Å²) in [4.78, 5) is 14.3. The predicted molar refractivity (Wildman–Crippen MR) is 80.4 cm³/mol. The molecule has 21 heavy (non-hydrogen) atoms. The molecule has 1 aromatic carbocycles. The van der Waals surface area contributed by atoms with E-state index in [1.165, 1.54) is 0 Å². The van der Waals surface area contributed by atoms with Gasteiger partial charge in [0.2, 0.25) is 0 Å². The Kier molecular flexibility index (Phi) is 4.68. The van der Waals surface area contributed by atoms with E-state index in [1.54, 1.807) is 23.1 Å². The molecular weight excluding hydrogens is 290 g/mol. The van der Waals surface area contributed by atoms with Gasteiger partial charge in [-0.3, -0.25) is 0 Å². The fraction of sp³-hybridized carbons (Fsp3) is 0.533. The number of rotatable bonds is 2. The predicted octanol–water partition coefficient (Wildman–Crippen LogP) is 3.34. The SMILES string of the molecule is CC(C)(C)OC(=O)N1CCCC1c1ccccc1S(=O)O. The lowest BCUT2D eigenvalue weighted by molar-refractivity contribution is 0.0222. The number of likely N-dealkylation sites (tertiary alicyclic amines) is 1. The second-order valence-corrected chi connectivity index (χ2v) is 7.06. The molecule has 0 bridgehead atoms. The summed E-state index contributed by atoms with van der Waals surface area (Å²) in [6, 6.07) is 6.76. The summed E-state index contributed by atoms with van der Waals surface area (Å²) in [7, 11) is 0. The first-order valence-electron chi connectivity index (χ1n) is 6.99. The second kappa shape index (κ2) is 6.15. The van der Waals surface area contributed by atoms with Crippen LogP contribution in [0, 0.1) is 0 Å². The van der Waals surface area contributed by atoms with Crippen LogP contribution < -0.4 is 0 Å². The Morgan fingerprint density at radius 1 is 1.38 bits per heavy atom. The number of hydrogen-bond donors (Lipinski definition) is 1. The summed E-state index contributed by atoms with van der Waals surface area (Å²) in [5, 5.41) is 0. The molecule has 0 aliphatic carbocycles. The van der Waals surface area contributed by atoms with E-state index in [0.717, 1.165) is 18.4 Å². The van der Waals surface area contributed by atoms with Crippen molar-refractivity contribution in [1.82, 2.24) is 4.90 Å². The van der Waals surface area contributed by atoms with E-state index in [9.17, 15) is 13.6 Å². The highest BCUT2D eigenvalue weighted by Gasteiger charge is 2.34. The van der Waals surface area contributed by atoms with Crippen molar-refractivity contribution in [3.05, 3.63) is 29.8 Å². The number of benzene rings is 1. The van der Waals surface area contributed by atoms with Crippen LogP contribution in [0.25, 0.3) is 0 Å². The molecule has 5 nitrogen and oxygen atoms in total. The monoisotopic (exact) mass is 311 g/mol. The average molecular weight is 311 g/mol. The van der Waals surface area contributed by atoms with Crippen molar-refractivity contribution in [2.24, 2.45) is 0 Å². The Labute approximate surface area is 127 Å². The number of hydrogen-bond acceptors (Lipinski definition) is 3. The third kappa shape index (κ3) is 3.83. The van der Waals surface area contributed by atoms with Gasteiger partial charge >= 0.3 is 6.09 Å². The zero-order chi connectivity index (χ0) is 15.6. The van der Waals surface area contributed by atoms with E-state index >= 15 is 0 Å². The van der Waals surface area contributed by atoms with Crippen molar-refractivity contribution in [1.29, 1.82) is 0 Å². The molecule has 1 amide bonds. The highest BCUT2D eigenvalue weighted by molar-refractivity contribution is 7.79. The summed E-state index contributed by atoms with van der Waals surface area (Å²) in [6.07, 6.45) is 1.26. The summed E-state index contributed by atoms with van der Waals surface area (Å²) in [6.45, 7) is 6.08. The van der Waals surface area contributed by atoms with Gasteiger partial charge in [0.25, 0.3) is 0 Å². The molecule has 0 saturated carbocycles. The Bertz CT molecular complexity index is 553. The first-order valence-corrected chi connectivity index (χ1v) is 8.09. The maximum Gasteiger partial charge on any atom is 0.410 e. The van der Waals surface area contributed by atoms with Crippen molar-refractivity contribution >= 4 is 17.2 Å². The summed E-state index contributed by atoms with van der Waals surface area (Å²) in [5.74, 6) is 0. The molecule has 1 fully saturated rings. The van der Waals surface area contributed by atoms with Crippen molar-refractivity contribution in [3.8, 4) is 0 Å². The standard InChI is InChI=1S/C15H21NO4S/c1-15(2,3)20-14(17)16-10-6-8-12(16)11-7-4-5-9-13(11)21(18)19/h4-5,7,9,12H,6,8,10H2,1-3H3,(H,18,19). The zero-order valence-corrected chi connectivity index (χ0v) is 13.4. The molecule has 6 heteroatoms. The van der Waals surface area contributed by atoms with Gasteiger partial charge in [0, 0.05) is 6.54 Å². The van der Waals surface area contributed by atoms with Gasteiger partial charge in [-0.2, -0.15) is 0 Å². The molecule has 2 rings (SSSR count). The number of nitrogens with zero attached hydrogens (tertiary/aromatic N) is 1. The van der Waals surface area contributed by atoms with Gasteiger partial charge in [-0.15, -0.1) is 0 Å². The molecule has 116 valence electrons. The first-order chi connectivity index (χ1) is 9.79. The van der Waals surface area contributed by atoms with Crippen LogP contribution in [0.3, 0.4) is 0 Å². The van der Waals surface area contributed by atoms with Crippen LogP contribution >= 0.6 is 0 Å². The van der Waals surface area contributed by atoms with E-state index in [-0.39, 0.29) is 12.1 Å². The van der Waals surface area contributed by atoms with Crippen LogP contribution in [-0.2, 0) is 15.8 Å². The maximum absolute atomic E-state index is 12.3. The van der Waals surface area contributed by atoms with Gasteiger partial charge in [-0.05, 0) is 45.2 Å². The molecular formula is C15H21NO4S. The third-order valence-corrected chi connectivity index (χ3v) is 4.09. The lowest BCUT2D eigenvalue weighted by Crippen LogP contribution is -2.36. The zero-order valence-electron chi connectivity index (χ0n) is 12.5. The van der Waals surface area contributed by atoms with Crippen LogP contribution in [0.5, 0.6) is 0 Å². The number of carbonyl (C=O) groups excluding carboxylic acids is 1. The van der Waals surface area contributed by atoms with Crippen LogP contribution in [0.2, 0.25) is 0 Å². The molecule has 1 aliphatic rings. The molecule has 1 aromatic rings. The fourth-order valence-electron chi connectivity index (χ4n) is 2.54. The van der Waals surface area contributed by atoms with Crippen LogP contribution in [0.1, 0.15) is 45.2 Å². The lowest BCUT2D eigenvalue weighted by Gasteiger charge is -2.29. The number of amides is 1. The Balaban J connectivity index is 2.27. The molecule has 2 atom stereocenters. The Hall–Kier alpha value is -1.40. The van der Waals surface area contributed by atoms with Crippen LogP contribution in [0.4, 0.5) is 4.79 Å². The van der Waals surface area contributed by atoms with Crippen molar-refractivity contribution in [2.45, 2.75) is 50.2 Å². The smallest absolute Gasteiger partial charge is 0.410 e. The van der Waals surface area contributed by atoms with E-state index in [1.807, 2.05) is 26.8 Å². The van der Waals surface area contributed by atoms with Gasteiger partial charge in [0.15, 0.2) is 11.1 Å². The molecule has 1 heterocycles. The lowest BCUT2D eigenvalue weighted by atomic mass is 10.0. The number of ether oxygens (including phenoxy) is 1. The van der Waals surface area contributed by atoms with Gasteiger partial charge in [-0.1, -0.05) is 18.2 Å². The topological polar surface area (TPSA) is 66.8 Å². The quantitative estimate of drug-likeness (QED) is 0.851. The second-order valence-electron chi connectivity index (χ2n) is 6.12. The van der Waals surface area contributed by atoms with Gasteiger partial charge in [0.05, 0.1) is 10.9 Å². The van der Waals surface area contributed by atoms with Gasteiger partial charge in [0.1, 0.15) is 5.60 Å². The minimum absolute atomic E-state index is 0.202. The molecule has 1 N–H and O–H groups in total. The van der Waals surface area contributed by atoms with E-state index in [2.05, 4.69) is 0 Å². The summed E-state index contributed by atoms with van der Waals surface area (Å²) >= 11 is -2.06. The third-order valence-electron chi connectivity index (χ3n) is 3.35. The maximum atomic E-state index is 12.3. The van der Waals surface area contributed by atoms with E-state index in [4.69, 9.17) is 4.74 Å². The molecule has 0 spiro atoms. The first kappa shape index (κ1) is 16.0. The number of carbonyl (C=O) groups is 1. The van der Waals surface area contributed by atoms with Gasteiger partial charge in [-0.25, -0.2) is 9.00 Å². The summed E-state index contributed by atoms with van der Waals surface area (Å²) in [5.41, 5.74) is 0.172. The molecule has 0 aromatic heterocycles. The molecule has 1 aliphatic heterocycles.